The van der Waals surface area contributed by atoms with Crippen LogP contribution in [0.3, 0.4) is 0 Å². The summed E-state index contributed by atoms with van der Waals surface area (Å²) in [7, 11) is 1.68. The van der Waals surface area contributed by atoms with Gasteiger partial charge in [0.25, 0.3) is 0 Å². The van der Waals surface area contributed by atoms with Crippen molar-refractivity contribution < 1.29 is 9.26 Å². The molecule has 1 aromatic heterocycles. The fourth-order valence-corrected chi connectivity index (χ4v) is 1.44. The number of rotatable bonds is 8. The van der Waals surface area contributed by atoms with E-state index in [9.17, 15) is 0 Å². The van der Waals surface area contributed by atoms with Crippen LogP contribution in [0.5, 0.6) is 0 Å². The minimum Gasteiger partial charge on any atom is -0.385 e. The van der Waals surface area contributed by atoms with E-state index in [1.54, 1.807) is 7.11 Å². The van der Waals surface area contributed by atoms with Gasteiger partial charge in [-0.1, -0.05) is 24.9 Å². The van der Waals surface area contributed by atoms with Crippen molar-refractivity contribution in [1.82, 2.24) is 10.1 Å². The molecule has 1 atom stereocenters. The second-order valence-corrected chi connectivity index (χ2v) is 3.89. The van der Waals surface area contributed by atoms with Crippen LogP contribution in [0, 0.1) is 0 Å². The molecule has 1 unspecified atom stereocenters. The first-order chi connectivity index (χ1) is 7.77. The molecule has 0 aliphatic heterocycles. The van der Waals surface area contributed by atoms with Gasteiger partial charge in [-0.3, -0.25) is 0 Å². The van der Waals surface area contributed by atoms with Crippen LogP contribution in [-0.2, 0) is 11.2 Å². The number of ether oxygens (including phenoxy) is 1. The second kappa shape index (κ2) is 7.35. The molecule has 1 rings (SSSR count). The summed E-state index contributed by atoms with van der Waals surface area (Å²) < 4.78 is 10.1. The SMILES string of the molecule is CCCCC(N)c1nc(CCCOC)no1. The molecule has 2 N–H and O–H groups in total. The predicted octanol–water partition coefficient (Wildman–Crippen LogP) is 1.84. The Hall–Kier alpha value is -0.940. The van der Waals surface area contributed by atoms with Gasteiger partial charge in [-0.05, 0) is 12.8 Å². The number of methoxy groups -OCH3 is 1. The number of aryl methyl sites for hydroxylation is 1. The molecule has 0 bridgehead atoms. The van der Waals surface area contributed by atoms with Crippen molar-refractivity contribution in [2.75, 3.05) is 13.7 Å². The van der Waals surface area contributed by atoms with Gasteiger partial charge in [0.2, 0.25) is 5.89 Å². The summed E-state index contributed by atoms with van der Waals surface area (Å²) in [5.74, 6) is 1.28. The summed E-state index contributed by atoms with van der Waals surface area (Å²) in [5, 5.41) is 3.90. The van der Waals surface area contributed by atoms with Crippen LogP contribution in [-0.4, -0.2) is 23.9 Å². The van der Waals surface area contributed by atoms with Gasteiger partial charge in [0.1, 0.15) is 0 Å². The van der Waals surface area contributed by atoms with E-state index < -0.39 is 0 Å². The van der Waals surface area contributed by atoms with Gasteiger partial charge in [0.15, 0.2) is 5.82 Å². The number of nitrogens with zero attached hydrogens (tertiary/aromatic N) is 2. The summed E-state index contributed by atoms with van der Waals surface area (Å²) in [6.07, 6.45) is 4.79. The maximum atomic E-state index is 5.93. The van der Waals surface area contributed by atoms with Gasteiger partial charge in [-0.15, -0.1) is 0 Å². The molecule has 0 fully saturated rings. The van der Waals surface area contributed by atoms with E-state index >= 15 is 0 Å². The maximum Gasteiger partial charge on any atom is 0.243 e. The average Bonchev–Trinajstić information content (AvgIpc) is 2.75. The Bertz CT molecular complexity index is 289. The van der Waals surface area contributed by atoms with Crippen LogP contribution in [0.4, 0.5) is 0 Å². The third-order valence-electron chi connectivity index (χ3n) is 2.42. The third kappa shape index (κ3) is 4.28. The van der Waals surface area contributed by atoms with Crippen LogP contribution < -0.4 is 5.73 Å². The number of nitrogens with two attached hydrogens (primary N) is 1. The van der Waals surface area contributed by atoms with Gasteiger partial charge in [-0.25, -0.2) is 0 Å². The number of hydrogen-bond donors (Lipinski definition) is 1. The van der Waals surface area contributed by atoms with Crippen LogP contribution in [0.2, 0.25) is 0 Å². The first-order valence-corrected chi connectivity index (χ1v) is 5.85. The summed E-state index contributed by atoms with van der Waals surface area (Å²) in [5.41, 5.74) is 5.93. The molecule has 5 nitrogen and oxygen atoms in total. The van der Waals surface area contributed by atoms with Gasteiger partial charge in [0.05, 0.1) is 6.04 Å². The molecule has 0 saturated carbocycles. The molecule has 0 aliphatic rings. The molecule has 0 aliphatic carbocycles. The summed E-state index contributed by atoms with van der Waals surface area (Å²) in [6.45, 7) is 2.85. The molecule has 0 amide bonds. The highest BCUT2D eigenvalue weighted by Gasteiger charge is 2.13. The minimum atomic E-state index is -0.122. The Morgan fingerprint density at radius 2 is 2.25 bits per heavy atom. The van der Waals surface area contributed by atoms with E-state index in [1.807, 2.05) is 0 Å². The van der Waals surface area contributed by atoms with Crippen molar-refractivity contribution in [3.05, 3.63) is 11.7 Å². The quantitative estimate of drug-likeness (QED) is 0.686. The van der Waals surface area contributed by atoms with E-state index in [0.717, 1.165) is 37.9 Å². The number of unbranched alkanes of at least 4 members (excludes halogenated alkanes) is 1. The van der Waals surface area contributed by atoms with E-state index in [1.165, 1.54) is 0 Å². The zero-order chi connectivity index (χ0) is 11.8. The predicted molar refractivity (Wildman–Crippen MR) is 60.9 cm³/mol. The Morgan fingerprint density at radius 1 is 1.44 bits per heavy atom. The third-order valence-corrected chi connectivity index (χ3v) is 2.42. The Kier molecular flexibility index (Phi) is 6.03. The molecule has 92 valence electrons. The van der Waals surface area contributed by atoms with Crippen LogP contribution in [0.25, 0.3) is 0 Å². The van der Waals surface area contributed by atoms with Crippen molar-refractivity contribution in [3.8, 4) is 0 Å². The zero-order valence-corrected chi connectivity index (χ0v) is 10.1. The van der Waals surface area contributed by atoms with Crippen molar-refractivity contribution in [3.63, 3.8) is 0 Å². The fraction of sp³-hybridized carbons (Fsp3) is 0.818. The van der Waals surface area contributed by atoms with Crippen molar-refractivity contribution in [2.45, 2.75) is 45.1 Å². The molecule has 16 heavy (non-hydrogen) atoms. The Morgan fingerprint density at radius 3 is 2.94 bits per heavy atom. The normalized spacial score (nSPS) is 12.9. The topological polar surface area (TPSA) is 74.2 Å². The lowest BCUT2D eigenvalue weighted by Crippen LogP contribution is -2.10. The van der Waals surface area contributed by atoms with E-state index in [-0.39, 0.29) is 6.04 Å². The minimum absolute atomic E-state index is 0.122. The molecular weight excluding hydrogens is 206 g/mol. The van der Waals surface area contributed by atoms with Crippen LogP contribution >= 0.6 is 0 Å². The highest BCUT2D eigenvalue weighted by molar-refractivity contribution is 4.91. The van der Waals surface area contributed by atoms with Gasteiger partial charge in [-0.2, -0.15) is 4.98 Å². The molecule has 0 saturated heterocycles. The standard InChI is InChI=1S/C11H21N3O2/c1-3-4-6-9(12)11-13-10(14-16-11)7-5-8-15-2/h9H,3-8,12H2,1-2H3. The lowest BCUT2D eigenvalue weighted by Gasteiger charge is -2.03. The second-order valence-electron chi connectivity index (χ2n) is 3.89. The van der Waals surface area contributed by atoms with Crippen molar-refractivity contribution in [2.24, 2.45) is 5.73 Å². The lowest BCUT2D eigenvalue weighted by atomic mass is 10.1. The van der Waals surface area contributed by atoms with Gasteiger partial charge in [0, 0.05) is 20.1 Å². The maximum absolute atomic E-state index is 5.93. The number of aromatic nitrogens is 2. The van der Waals surface area contributed by atoms with E-state index in [4.69, 9.17) is 15.0 Å². The highest BCUT2D eigenvalue weighted by Crippen LogP contribution is 2.14. The van der Waals surface area contributed by atoms with Crippen molar-refractivity contribution >= 4 is 0 Å². The molecular formula is C11H21N3O2. The van der Waals surface area contributed by atoms with E-state index in [2.05, 4.69) is 17.1 Å². The van der Waals surface area contributed by atoms with Crippen LogP contribution in [0.15, 0.2) is 4.52 Å². The summed E-state index contributed by atoms with van der Waals surface area (Å²) in [4.78, 5) is 4.28. The highest BCUT2D eigenvalue weighted by atomic mass is 16.5. The van der Waals surface area contributed by atoms with Gasteiger partial charge < -0.3 is 15.0 Å². The molecule has 0 spiro atoms. The molecule has 1 aromatic rings. The lowest BCUT2D eigenvalue weighted by molar-refractivity contribution is 0.194. The molecule has 5 heteroatoms. The first-order valence-electron chi connectivity index (χ1n) is 5.85. The monoisotopic (exact) mass is 227 g/mol. The molecule has 0 aromatic carbocycles. The van der Waals surface area contributed by atoms with Gasteiger partial charge >= 0.3 is 0 Å². The average molecular weight is 227 g/mol. The first kappa shape index (κ1) is 13.1. The Balaban J connectivity index is 2.37. The van der Waals surface area contributed by atoms with E-state index in [0.29, 0.717) is 12.5 Å². The smallest absolute Gasteiger partial charge is 0.243 e. The largest absolute Gasteiger partial charge is 0.385 e. The molecule has 0 radical (unpaired) electrons. The fourth-order valence-electron chi connectivity index (χ4n) is 1.44. The Labute approximate surface area is 96.4 Å². The summed E-state index contributed by atoms with van der Waals surface area (Å²) >= 11 is 0. The van der Waals surface area contributed by atoms with Crippen LogP contribution in [0.1, 0.15) is 50.4 Å². The number of hydrogen-bond acceptors (Lipinski definition) is 5. The summed E-state index contributed by atoms with van der Waals surface area (Å²) in [6, 6.07) is -0.122. The molecule has 1 heterocycles. The van der Waals surface area contributed by atoms with Crippen molar-refractivity contribution in [1.29, 1.82) is 0 Å². The zero-order valence-electron chi connectivity index (χ0n) is 10.1.